The molecule has 7 heteroatoms. The molecule has 20 heavy (non-hydrogen) atoms. The average molecular weight is 298 g/mol. The Morgan fingerprint density at radius 1 is 1.35 bits per heavy atom. The summed E-state index contributed by atoms with van der Waals surface area (Å²) in [5.74, 6) is -2.37. The number of carbonyl (C=O) groups is 1. The molecule has 104 valence electrons. The molecule has 0 atom stereocenters. The smallest absolute Gasteiger partial charge is 0.257 e. The van der Waals surface area contributed by atoms with E-state index in [1.807, 2.05) is 0 Å². The quantitative estimate of drug-likeness (QED) is 0.914. The first-order chi connectivity index (χ1) is 9.52. The maximum absolute atomic E-state index is 13.4. The van der Waals surface area contributed by atoms with Crippen LogP contribution >= 0.6 is 11.6 Å². The first-order valence-corrected chi connectivity index (χ1v) is 5.99. The molecular weight excluding hydrogens is 288 g/mol. The van der Waals surface area contributed by atoms with Gasteiger partial charge in [-0.1, -0.05) is 17.7 Å². The van der Waals surface area contributed by atoms with Gasteiger partial charge in [-0.3, -0.25) is 4.79 Å². The molecule has 0 aliphatic heterocycles. The Morgan fingerprint density at radius 3 is 2.75 bits per heavy atom. The van der Waals surface area contributed by atoms with E-state index in [1.165, 1.54) is 24.4 Å². The molecule has 0 saturated carbocycles. The lowest BCUT2D eigenvalue weighted by molar-refractivity contribution is 0.102. The largest absolute Gasteiger partial charge is 0.372 e. The molecule has 0 fully saturated rings. The zero-order valence-electron chi connectivity index (χ0n) is 10.4. The number of pyridine rings is 1. The third kappa shape index (κ3) is 2.85. The Balaban J connectivity index is 2.24. The van der Waals surface area contributed by atoms with E-state index < -0.39 is 17.5 Å². The zero-order chi connectivity index (χ0) is 14.7. The number of halogens is 3. The molecule has 1 aromatic heterocycles. The second-order valence-corrected chi connectivity index (χ2v) is 4.27. The van der Waals surface area contributed by atoms with Gasteiger partial charge < -0.3 is 10.6 Å². The van der Waals surface area contributed by atoms with Gasteiger partial charge in [-0.2, -0.15) is 0 Å². The Morgan fingerprint density at radius 2 is 2.10 bits per heavy atom. The minimum Gasteiger partial charge on any atom is -0.372 e. The standard InChI is InChI=1S/C13H10ClF2N3O/c1-17-12-8(14)5-7(6-18-12)13(20)19-10-4-2-3-9(15)11(10)16/h2-6H,1H3,(H,17,18)(H,19,20). The van der Waals surface area contributed by atoms with Crippen LogP contribution in [0.4, 0.5) is 20.3 Å². The molecule has 0 saturated heterocycles. The van der Waals surface area contributed by atoms with E-state index in [0.717, 1.165) is 6.07 Å². The molecule has 2 aromatic rings. The highest BCUT2D eigenvalue weighted by molar-refractivity contribution is 6.33. The number of hydrogen-bond donors (Lipinski definition) is 2. The first kappa shape index (κ1) is 14.2. The normalized spacial score (nSPS) is 10.2. The summed E-state index contributed by atoms with van der Waals surface area (Å²) in [4.78, 5) is 15.8. The summed E-state index contributed by atoms with van der Waals surface area (Å²) < 4.78 is 26.5. The highest BCUT2D eigenvalue weighted by atomic mass is 35.5. The maximum atomic E-state index is 13.4. The van der Waals surface area contributed by atoms with Gasteiger partial charge in [-0.25, -0.2) is 13.8 Å². The summed E-state index contributed by atoms with van der Waals surface area (Å²) in [7, 11) is 1.64. The molecule has 2 N–H and O–H groups in total. The number of nitrogens with one attached hydrogen (secondary N) is 2. The number of rotatable bonds is 3. The van der Waals surface area contributed by atoms with Crippen molar-refractivity contribution < 1.29 is 13.6 Å². The van der Waals surface area contributed by atoms with E-state index in [0.29, 0.717) is 5.82 Å². The van der Waals surface area contributed by atoms with Crippen LogP contribution in [0.15, 0.2) is 30.5 Å². The first-order valence-electron chi connectivity index (χ1n) is 5.61. The molecule has 4 nitrogen and oxygen atoms in total. The lowest BCUT2D eigenvalue weighted by Crippen LogP contribution is -2.14. The van der Waals surface area contributed by atoms with Crippen molar-refractivity contribution in [1.82, 2.24) is 4.98 Å². The summed E-state index contributed by atoms with van der Waals surface area (Å²) in [5.41, 5.74) is -0.110. The van der Waals surface area contributed by atoms with Crippen LogP contribution in [0.1, 0.15) is 10.4 Å². The molecule has 0 bridgehead atoms. The van der Waals surface area contributed by atoms with Crippen molar-refractivity contribution in [1.29, 1.82) is 0 Å². The van der Waals surface area contributed by atoms with Gasteiger partial charge in [-0.15, -0.1) is 0 Å². The molecule has 0 radical (unpaired) electrons. The van der Waals surface area contributed by atoms with Crippen LogP contribution in [-0.2, 0) is 0 Å². The van der Waals surface area contributed by atoms with Crippen LogP contribution in [0.5, 0.6) is 0 Å². The van der Waals surface area contributed by atoms with Gasteiger partial charge in [0.05, 0.1) is 16.3 Å². The number of anilines is 2. The van der Waals surface area contributed by atoms with Crippen LogP contribution in [0.3, 0.4) is 0 Å². The lowest BCUT2D eigenvalue weighted by atomic mass is 10.2. The van der Waals surface area contributed by atoms with Crippen LogP contribution in [0.2, 0.25) is 5.02 Å². The molecular formula is C13H10ClF2N3O. The van der Waals surface area contributed by atoms with Gasteiger partial charge in [0, 0.05) is 13.2 Å². The SMILES string of the molecule is CNc1ncc(C(=O)Nc2cccc(F)c2F)cc1Cl. The predicted molar refractivity (Wildman–Crippen MR) is 73.1 cm³/mol. The lowest BCUT2D eigenvalue weighted by Gasteiger charge is -2.08. The average Bonchev–Trinajstić information content (AvgIpc) is 2.43. The number of benzene rings is 1. The van der Waals surface area contributed by atoms with Crippen molar-refractivity contribution in [2.24, 2.45) is 0 Å². The molecule has 0 unspecified atom stereocenters. The monoisotopic (exact) mass is 297 g/mol. The van der Waals surface area contributed by atoms with Crippen molar-refractivity contribution >= 4 is 29.0 Å². The van der Waals surface area contributed by atoms with Crippen molar-refractivity contribution in [3.05, 3.63) is 52.7 Å². The van der Waals surface area contributed by atoms with E-state index in [1.54, 1.807) is 7.05 Å². The topological polar surface area (TPSA) is 54.0 Å². The summed E-state index contributed by atoms with van der Waals surface area (Å²) >= 11 is 5.89. The fraction of sp³-hybridized carbons (Fsp3) is 0.0769. The van der Waals surface area contributed by atoms with E-state index in [2.05, 4.69) is 15.6 Å². The fourth-order valence-electron chi connectivity index (χ4n) is 1.54. The van der Waals surface area contributed by atoms with Gasteiger partial charge >= 0.3 is 0 Å². The van der Waals surface area contributed by atoms with Crippen LogP contribution in [0.25, 0.3) is 0 Å². The van der Waals surface area contributed by atoms with Crippen molar-refractivity contribution in [3.63, 3.8) is 0 Å². The highest BCUT2D eigenvalue weighted by Crippen LogP contribution is 2.21. The highest BCUT2D eigenvalue weighted by Gasteiger charge is 2.13. The van der Waals surface area contributed by atoms with Crippen LogP contribution in [-0.4, -0.2) is 17.9 Å². The minimum absolute atomic E-state index is 0.137. The molecule has 0 aliphatic carbocycles. The van der Waals surface area contributed by atoms with Gasteiger partial charge in [0.25, 0.3) is 5.91 Å². The summed E-state index contributed by atoms with van der Waals surface area (Å²) in [6.45, 7) is 0. The molecule has 2 rings (SSSR count). The van der Waals surface area contributed by atoms with Crippen molar-refractivity contribution in [2.45, 2.75) is 0 Å². The molecule has 0 aliphatic rings. The van der Waals surface area contributed by atoms with E-state index in [-0.39, 0.29) is 16.3 Å². The second kappa shape index (κ2) is 5.83. The number of aromatic nitrogens is 1. The second-order valence-electron chi connectivity index (χ2n) is 3.86. The zero-order valence-corrected chi connectivity index (χ0v) is 11.1. The Labute approximate surface area is 118 Å². The predicted octanol–water partition coefficient (Wildman–Crippen LogP) is 3.31. The van der Waals surface area contributed by atoms with E-state index in [4.69, 9.17) is 11.6 Å². The molecule has 1 heterocycles. The summed E-state index contributed by atoms with van der Waals surface area (Å²) in [6, 6.07) is 4.90. The third-order valence-electron chi connectivity index (χ3n) is 2.54. The Hall–Kier alpha value is -2.21. The molecule has 1 aromatic carbocycles. The van der Waals surface area contributed by atoms with E-state index in [9.17, 15) is 13.6 Å². The maximum Gasteiger partial charge on any atom is 0.257 e. The Bertz CT molecular complexity index is 664. The number of amides is 1. The number of carbonyl (C=O) groups excluding carboxylic acids is 1. The van der Waals surface area contributed by atoms with Gasteiger partial charge in [0.15, 0.2) is 11.6 Å². The van der Waals surface area contributed by atoms with Crippen LogP contribution < -0.4 is 10.6 Å². The van der Waals surface area contributed by atoms with Crippen LogP contribution in [0, 0.1) is 11.6 Å². The number of nitrogens with zero attached hydrogens (tertiary/aromatic N) is 1. The van der Waals surface area contributed by atoms with E-state index >= 15 is 0 Å². The van der Waals surface area contributed by atoms with Crippen molar-refractivity contribution in [2.75, 3.05) is 17.7 Å². The van der Waals surface area contributed by atoms with Gasteiger partial charge in [0.2, 0.25) is 0 Å². The van der Waals surface area contributed by atoms with Gasteiger partial charge in [-0.05, 0) is 18.2 Å². The Kier molecular flexibility index (Phi) is 4.14. The molecule has 1 amide bonds. The number of hydrogen-bond acceptors (Lipinski definition) is 3. The molecule has 0 spiro atoms. The van der Waals surface area contributed by atoms with Crippen molar-refractivity contribution in [3.8, 4) is 0 Å². The third-order valence-corrected chi connectivity index (χ3v) is 2.83. The fourth-order valence-corrected chi connectivity index (χ4v) is 1.80. The minimum atomic E-state index is -1.12. The summed E-state index contributed by atoms with van der Waals surface area (Å²) in [6.07, 6.45) is 1.28. The van der Waals surface area contributed by atoms with Gasteiger partial charge in [0.1, 0.15) is 5.82 Å². The summed E-state index contributed by atoms with van der Waals surface area (Å²) in [5, 5.41) is 5.25.